The lowest BCUT2D eigenvalue weighted by atomic mass is 10.2. The first kappa shape index (κ1) is 23.5. The van der Waals surface area contributed by atoms with E-state index in [4.69, 9.17) is 32.2 Å². The van der Waals surface area contributed by atoms with Gasteiger partial charge >= 0.3 is 0 Å². The Bertz CT molecular complexity index is 1830. The first-order valence-electron chi connectivity index (χ1n) is 12.0. The Balaban J connectivity index is 1.25. The third-order valence-electron chi connectivity index (χ3n) is 5.86. The molecule has 15 heteroatoms. The highest BCUT2D eigenvalue weighted by Crippen LogP contribution is 2.28. The fourth-order valence-corrected chi connectivity index (χ4v) is 3.94. The highest BCUT2D eigenvalue weighted by Gasteiger charge is 2.25. The number of nitrogens with two attached hydrogens (primary N) is 1. The van der Waals surface area contributed by atoms with E-state index in [1.165, 1.54) is 37.6 Å². The Hall–Kier alpha value is -5.57. The Kier molecular flexibility index (Phi) is 5.67. The number of hydrogen-bond donors (Lipinski definition) is 2. The summed E-state index contributed by atoms with van der Waals surface area (Å²) in [6.07, 6.45) is 12.5. The van der Waals surface area contributed by atoms with E-state index in [2.05, 4.69) is 35.2 Å². The fraction of sp³-hybridized carbons (Fsp3) is 0.160. The minimum absolute atomic E-state index is 0.0148. The summed E-state index contributed by atoms with van der Waals surface area (Å²) in [5, 5.41) is 2.81. The molecular weight excluding hydrogens is 524 g/mol. The molecule has 6 aromatic rings. The predicted molar refractivity (Wildman–Crippen MR) is 132 cm³/mol. The van der Waals surface area contributed by atoms with Gasteiger partial charge in [-0.15, -0.1) is 0 Å². The number of fused-ring (bicyclic) bond motifs is 16. The lowest BCUT2D eigenvalue weighted by molar-refractivity contribution is 0.0923. The summed E-state index contributed by atoms with van der Waals surface area (Å²) in [5.41, 5.74) is 7.69. The zero-order valence-corrected chi connectivity index (χ0v) is 20.4. The largest absolute Gasteiger partial charge is 0.448 e. The van der Waals surface area contributed by atoms with Crippen LogP contribution < -0.4 is 11.1 Å². The summed E-state index contributed by atoms with van der Waals surface area (Å²) < 4.78 is 33.3. The Morgan fingerprint density at radius 2 is 1.27 bits per heavy atom. The topological polar surface area (TPSA) is 211 Å². The van der Waals surface area contributed by atoms with Crippen molar-refractivity contribution in [2.24, 2.45) is 5.73 Å². The SMILES string of the molecule is NCCC1NC(=O)c2coc(n2)-c2coc(n2)-c2coc(n2)CC=Cc2coc(n2)-c2coc(n2)-c2coc1n2. The lowest BCUT2D eigenvalue weighted by Gasteiger charge is -2.13. The summed E-state index contributed by atoms with van der Waals surface area (Å²) in [6.45, 7) is 0.252. The number of rotatable bonds is 2. The highest BCUT2D eigenvalue weighted by molar-refractivity contribution is 5.92. The van der Waals surface area contributed by atoms with E-state index in [1.807, 2.05) is 6.08 Å². The first-order valence-corrected chi connectivity index (χ1v) is 12.0. The van der Waals surface area contributed by atoms with Crippen LogP contribution in [-0.2, 0) is 6.42 Å². The Morgan fingerprint density at radius 3 is 2.02 bits per heavy atom. The maximum Gasteiger partial charge on any atom is 0.273 e. The van der Waals surface area contributed by atoms with Gasteiger partial charge in [-0.1, -0.05) is 6.08 Å². The predicted octanol–water partition coefficient (Wildman–Crippen LogP) is 3.67. The molecule has 12 bridgehead atoms. The van der Waals surface area contributed by atoms with E-state index in [0.29, 0.717) is 41.5 Å². The van der Waals surface area contributed by atoms with Crippen LogP contribution in [0.15, 0.2) is 70.2 Å². The van der Waals surface area contributed by atoms with Gasteiger partial charge in [-0.2, -0.15) is 0 Å². The van der Waals surface area contributed by atoms with Gasteiger partial charge in [0.1, 0.15) is 49.3 Å². The van der Waals surface area contributed by atoms with Gasteiger partial charge in [-0.05, 0) is 19.0 Å². The van der Waals surface area contributed by atoms with Crippen molar-refractivity contribution in [3.63, 3.8) is 0 Å². The van der Waals surface area contributed by atoms with Crippen molar-refractivity contribution in [2.75, 3.05) is 6.54 Å². The van der Waals surface area contributed by atoms with E-state index in [0.717, 1.165) is 0 Å². The van der Waals surface area contributed by atoms with Gasteiger partial charge in [-0.3, -0.25) is 4.79 Å². The maximum atomic E-state index is 13.0. The second kappa shape index (κ2) is 9.63. The molecule has 1 aliphatic rings. The molecule has 6 aromatic heterocycles. The molecule has 1 unspecified atom stereocenters. The van der Waals surface area contributed by atoms with Crippen LogP contribution >= 0.6 is 0 Å². The highest BCUT2D eigenvalue weighted by atomic mass is 16.4. The molecule has 0 spiro atoms. The quantitative estimate of drug-likeness (QED) is 0.320. The minimum atomic E-state index is -0.660. The molecule has 0 aromatic carbocycles. The average Bonchev–Trinajstić information content (AvgIpc) is 3.78. The smallest absolute Gasteiger partial charge is 0.273 e. The monoisotopic (exact) mass is 542 g/mol. The zero-order valence-electron chi connectivity index (χ0n) is 20.4. The van der Waals surface area contributed by atoms with E-state index in [9.17, 15) is 4.79 Å². The molecule has 200 valence electrons. The third kappa shape index (κ3) is 4.39. The summed E-state index contributed by atoms with van der Waals surface area (Å²) >= 11 is 0. The van der Waals surface area contributed by atoms with Crippen molar-refractivity contribution in [1.82, 2.24) is 35.2 Å². The van der Waals surface area contributed by atoms with Crippen molar-refractivity contribution in [1.29, 1.82) is 0 Å². The van der Waals surface area contributed by atoms with Gasteiger partial charge in [0.2, 0.25) is 29.5 Å². The van der Waals surface area contributed by atoms with Gasteiger partial charge < -0.3 is 37.6 Å². The van der Waals surface area contributed by atoms with Crippen LogP contribution in [0.4, 0.5) is 0 Å². The van der Waals surface area contributed by atoms with Gasteiger partial charge in [0.25, 0.3) is 5.91 Å². The van der Waals surface area contributed by atoms with Crippen LogP contribution in [0.1, 0.15) is 40.4 Å². The number of carbonyl (C=O) groups is 1. The zero-order chi connectivity index (χ0) is 27.1. The second-order valence-electron chi connectivity index (χ2n) is 8.60. The van der Waals surface area contributed by atoms with Crippen LogP contribution in [0, 0.1) is 0 Å². The molecule has 7 heterocycles. The molecule has 0 aliphatic carbocycles. The van der Waals surface area contributed by atoms with Crippen LogP contribution in [0.25, 0.3) is 52.4 Å². The summed E-state index contributed by atoms with van der Waals surface area (Å²) in [7, 11) is 0. The Morgan fingerprint density at radius 1 is 0.700 bits per heavy atom. The first-order chi connectivity index (χ1) is 19.6. The van der Waals surface area contributed by atoms with Crippen molar-refractivity contribution >= 4 is 12.0 Å². The summed E-state index contributed by atoms with van der Waals surface area (Å²) in [5.74, 6) is 0.832. The number of oxazole rings is 6. The van der Waals surface area contributed by atoms with Crippen molar-refractivity contribution in [3.8, 4) is 46.3 Å². The molecule has 1 amide bonds. The van der Waals surface area contributed by atoms with Crippen molar-refractivity contribution < 1.29 is 31.3 Å². The molecule has 1 aliphatic heterocycles. The van der Waals surface area contributed by atoms with E-state index in [-0.39, 0.29) is 47.4 Å². The van der Waals surface area contributed by atoms with Crippen LogP contribution in [-0.4, -0.2) is 42.4 Å². The van der Waals surface area contributed by atoms with Crippen molar-refractivity contribution in [3.05, 3.63) is 66.8 Å². The third-order valence-corrected chi connectivity index (χ3v) is 5.86. The Labute approximate surface area is 223 Å². The molecule has 15 nitrogen and oxygen atoms in total. The van der Waals surface area contributed by atoms with E-state index < -0.39 is 11.9 Å². The number of aromatic nitrogens is 6. The van der Waals surface area contributed by atoms with E-state index in [1.54, 1.807) is 6.08 Å². The molecule has 0 saturated heterocycles. The average molecular weight is 542 g/mol. The number of hydrogen-bond acceptors (Lipinski definition) is 14. The lowest BCUT2D eigenvalue weighted by Crippen LogP contribution is -2.30. The van der Waals surface area contributed by atoms with Gasteiger partial charge in [0.05, 0.1) is 0 Å². The molecule has 0 fully saturated rings. The number of nitrogens with zero attached hydrogens (tertiary/aromatic N) is 6. The number of amides is 1. The maximum absolute atomic E-state index is 13.0. The van der Waals surface area contributed by atoms with Crippen LogP contribution in [0.3, 0.4) is 0 Å². The second-order valence-corrected chi connectivity index (χ2v) is 8.60. The summed E-state index contributed by atoms with van der Waals surface area (Å²) in [4.78, 5) is 39.2. The van der Waals surface area contributed by atoms with Gasteiger partial charge in [-0.25, -0.2) is 29.9 Å². The molecular formula is C25H18N8O7. The summed E-state index contributed by atoms with van der Waals surface area (Å²) in [6, 6.07) is -0.660. The van der Waals surface area contributed by atoms with Crippen molar-refractivity contribution in [2.45, 2.75) is 18.9 Å². The number of carbonyl (C=O) groups excluding carboxylic acids is 1. The van der Waals surface area contributed by atoms with Crippen LogP contribution in [0.2, 0.25) is 0 Å². The van der Waals surface area contributed by atoms with Gasteiger partial charge in [0, 0.05) is 6.42 Å². The normalized spacial score (nSPS) is 15.1. The van der Waals surface area contributed by atoms with Gasteiger partial charge in [0.15, 0.2) is 34.4 Å². The molecule has 40 heavy (non-hydrogen) atoms. The standard InChI is InChI=1S/C25H18N8O7/c26-5-4-13-21-31-18(10-38-21)25-32-16(9-40-25)22-27-12(6-36-22)2-1-3-19-28-15(8-35-19)23-33-17(11-39-23)24-30-14(7-37-24)20(34)29-13/h1-2,6-11,13H,3-5,26H2,(H,29,34). The number of nitrogens with one attached hydrogen (secondary N) is 1. The number of allylic oxidation sites excluding steroid dienone is 1. The fourth-order valence-electron chi connectivity index (χ4n) is 3.94. The molecule has 1 atom stereocenters. The van der Waals surface area contributed by atoms with Crippen LogP contribution in [0.5, 0.6) is 0 Å². The minimum Gasteiger partial charge on any atom is -0.448 e. The van der Waals surface area contributed by atoms with E-state index >= 15 is 0 Å². The molecule has 7 rings (SSSR count). The molecule has 3 N–H and O–H groups in total. The molecule has 0 saturated carbocycles. The molecule has 0 radical (unpaired) electrons.